The third-order valence-electron chi connectivity index (χ3n) is 5.00. The maximum absolute atomic E-state index is 12.2. The van der Waals surface area contributed by atoms with E-state index in [0.717, 1.165) is 12.8 Å². The maximum atomic E-state index is 12.2. The Morgan fingerprint density at radius 3 is 1.41 bits per heavy atom. The van der Waals surface area contributed by atoms with Gasteiger partial charge in [-0.2, -0.15) is 0 Å². The van der Waals surface area contributed by atoms with Crippen molar-refractivity contribution in [3.63, 3.8) is 0 Å². The second-order valence-electron chi connectivity index (χ2n) is 9.34. The summed E-state index contributed by atoms with van der Waals surface area (Å²) < 4.78 is 23.1. The maximum Gasteiger partial charge on any atom is 0.327 e. The highest BCUT2D eigenvalue weighted by molar-refractivity contribution is 7.52. The second-order valence-corrected chi connectivity index (χ2v) is 11.4. The van der Waals surface area contributed by atoms with Crippen molar-refractivity contribution in [3.05, 3.63) is 0 Å². The zero-order chi connectivity index (χ0) is 20.4. The molecule has 27 heavy (non-hydrogen) atoms. The summed E-state index contributed by atoms with van der Waals surface area (Å²) >= 11 is 0. The van der Waals surface area contributed by atoms with Crippen LogP contribution in [0, 0.1) is 5.41 Å². The van der Waals surface area contributed by atoms with Crippen molar-refractivity contribution < 1.29 is 13.6 Å². The molecule has 0 saturated carbocycles. The van der Waals surface area contributed by atoms with Gasteiger partial charge in [0.2, 0.25) is 0 Å². The lowest BCUT2D eigenvalue weighted by Crippen LogP contribution is -2.09. The predicted octanol–water partition coefficient (Wildman–Crippen LogP) is 8.76. The summed E-state index contributed by atoms with van der Waals surface area (Å²) in [5.74, 6) is 0. The van der Waals surface area contributed by atoms with Gasteiger partial charge in [-0.1, -0.05) is 111 Å². The van der Waals surface area contributed by atoms with E-state index in [1.807, 2.05) is 0 Å². The van der Waals surface area contributed by atoms with E-state index in [0.29, 0.717) is 13.2 Å². The zero-order valence-electron chi connectivity index (χ0n) is 19.2. The van der Waals surface area contributed by atoms with Crippen molar-refractivity contribution in [1.29, 1.82) is 0 Å². The first kappa shape index (κ1) is 27.1. The fraction of sp³-hybridized carbons (Fsp3) is 1.00. The molecule has 0 spiro atoms. The van der Waals surface area contributed by atoms with E-state index in [2.05, 4.69) is 27.7 Å². The van der Waals surface area contributed by atoms with Crippen LogP contribution < -0.4 is 0 Å². The first-order valence-electron chi connectivity index (χ1n) is 11.6. The first-order valence-corrected chi connectivity index (χ1v) is 13.6. The molecule has 0 radical (unpaired) electrons. The molecule has 0 bridgehead atoms. The summed E-state index contributed by atoms with van der Waals surface area (Å²) in [5, 5.41) is 0. The Morgan fingerprint density at radius 2 is 1.00 bits per heavy atom. The molecule has 0 fully saturated rings. The lowest BCUT2D eigenvalue weighted by molar-refractivity contribution is 0.183. The largest absolute Gasteiger partial charge is 0.327 e. The van der Waals surface area contributed by atoms with Crippen LogP contribution in [0.1, 0.15) is 124 Å². The zero-order valence-corrected chi connectivity index (χ0v) is 20.1. The van der Waals surface area contributed by atoms with E-state index in [9.17, 15) is 4.57 Å². The topological polar surface area (TPSA) is 35.5 Å². The van der Waals surface area contributed by atoms with Crippen LogP contribution in [0.15, 0.2) is 0 Å². The molecule has 0 aliphatic heterocycles. The molecular weight excluding hydrogens is 355 g/mol. The molecule has 0 saturated heterocycles. The Kier molecular flexibility index (Phi) is 17.1. The molecule has 0 aromatic carbocycles. The van der Waals surface area contributed by atoms with Crippen LogP contribution in [-0.2, 0) is 13.6 Å². The van der Waals surface area contributed by atoms with E-state index in [1.54, 1.807) is 6.66 Å². The number of hydrogen-bond acceptors (Lipinski definition) is 3. The Morgan fingerprint density at radius 1 is 0.630 bits per heavy atom. The summed E-state index contributed by atoms with van der Waals surface area (Å²) in [6.07, 6.45) is 19.7. The van der Waals surface area contributed by atoms with E-state index >= 15 is 0 Å². The van der Waals surface area contributed by atoms with Crippen LogP contribution in [0.4, 0.5) is 0 Å². The molecule has 0 rings (SSSR count). The van der Waals surface area contributed by atoms with Crippen LogP contribution in [0.5, 0.6) is 0 Å². The SMILES string of the molecule is CCCCCCCCCCCCCCCCO[P@](C)(=O)OCCC(C)(C)C. The van der Waals surface area contributed by atoms with Gasteiger partial charge in [0.15, 0.2) is 0 Å². The van der Waals surface area contributed by atoms with Crippen LogP contribution in [0.2, 0.25) is 0 Å². The molecule has 164 valence electrons. The fourth-order valence-corrected chi connectivity index (χ4v) is 4.04. The Hall–Kier alpha value is 0.150. The quantitative estimate of drug-likeness (QED) is 0.159. The van der Waals surface area contributed by atoms with Crippen LogP contribution in [0.3, 0.4) is 0 Å². The molecule has 0 aromatic heterocycles. The van der Waals surface area contributed by atoms with Gasteiger partial charge in [-0.05, 0) is 18.3 Å². The van der Waals surface area contributed by atoms with Gasteiger partial charge in [0, 0.05) is 6.66 Å². The molecule has 0 N–H and O–H groups in total. The van der Waals surface area contributed by atoms with Crippen molar-refractivity contribution in [3.8, 4) is 0 Å². The molecule has 4 heteroatoms. The third kappa shape index (κ3) is 22.3. The van der Waals surface area contributed by atoms with Crippen molar-refractivity contribution in [2.24, 2.45) is 5.41 Å². The molecule has 0 aromatic rings. The van der Waals surface area contributed by atoms with Gasteiger partial charge in [-0.25, -0.2) is 0 Å². The summed E-state index contributed by atoms with van der Waals surface area (Å²) in [6.45, 7) is 11.4. The molecule has 0 unspecified atom stereocenters. The third-order valence-corrected chi connectivity index (χ3v) is 6.30. The van der Waals surface area contributed by atoms with Gasteiger partial charge in [-0.15, -0.1) is 0 Å². The molecule has 3 nitrogen and oxygen atoms in total. The van der Waals surface area contributed by atoms with Crippen molar-refractivity contribution in [2.75, 3.05) is 19.9 Å². The summed E-state index contributed by atoms with van der Waals surface area (Å²) in [5.41, 5.74) is 0.203. The van der Waals surface area contributed by atoms with Crippen molar-refractivity contribution in [1.82, 2.24) is 0 Å². The highest BCUT2D eigenvalue weighted by atomic mass is 31.2. The Labute approximate surface area is 170 Å². The van der Waals surface area contributed by atoms with Crippen LogP contribution in [0.25, 0.3) is 0 Å². The van der Waals surface area contributed by atoms with E-state index < -0.39 is 7.60 Å². The molecule has 1 atom stereocenters. The normalized spacial score (nSPS) is 14.4. The molecule has 0 heterocycles. The van der Waals surface area contributed by atoms with Crippen molar-refractivity contribution >= 4 is 7.60 Å². The van der Waals surface area contributed by atoms with Crippen LogP contribution in [-0.4, -0.2) is 19.9 Å². The van der Waals surface area contributed by atoms with Gasteiger partial charge in [0.1, 0.15) is 0 Å². The molecule has 0 aliphatic rings. The lowest BCUT2D eigenvalue weighted by atomic mass is 9.93. The van der Waals surface area contributed by atoms with E-state index in [4.69, 9.17) is 9.05 Å². The fourth-order valence-electron chi connectivity index (χ4n) is 3.08. The van der Waals surface area contributed by atoms with Gasteiger partial charge >= 0.3 is 7.60 Å². The average Bonchev–Trinajstić information content (AvgIpc) is 2.57. The van der Waals surface area contributed by atoms with Gasteiger partial charge in [0.25, 0.3) is 0 Å². The molecular formula is C23H49O3P. The summed E-state index contributed by atoms with van der Waals surface area (Å²) in [6, 6.07) is 0. The highest BCUT2D eigenvalue weighted by Gasteiger charge is 2.18. The monoisotopic (exact) mass is 404 g/mol. The lowest BCUT2D eigenvalue weighted by Gasteiger charge is -2.20. The number of hydrogen-bond donors (Lipinski definition) is 0. The summed E-state index contributed by atoms with van der Waals surface area (Å²) in [7, 11) is -2.87. The Balaban J connectivity index is 3.31. The van der Waals surface area contributed by atoms with E-state index in [1.165, 1.54) is 83.5 Å². The predicted molar refractivity (Wildman–Crippen MR) is 120 cm³/mol. The van der Waals surface area contributed by atoms with Gasteiger partial charge < -0.3 is 9.05 Å². The van der Waals surface area contributed by atoms with Crippen molar-refractivity contribution in [2.45, 2.75) is 124 Å². The minimum absolute atomic E-state index is 0.203. The van der Waals surface area contributed by atoms with Crippen LogP contribution >= 0.6 is 7.60 Å². The standard InChI is InChI=1S/C23H49O3P/c1-6-7-8-9-10-11-12-13-14-15-16-17-18-19-21-25-27(5,24)26-22-20-23(2,3)4/h6-22H2,1-5H3/t27-/m0/s1. The minimum Gasteiger partial charge on any atom is -0.309 e. The highest BCUT2D eigenvalue weighted by Crippen LogP contribution is 2.44. The Bertz CT molecular complexity index is 363. The minimum atomic E-state index is -2.87. The molecule has 0 amide bonds. The van der Waals surface area contributed by atoms with E-state index in [-0.39, 0.29) is 5.41 Å². The average molecular weight is 405 g/mol. The smallest absolute Gasteiger partial charge is 0.309 e. The first-order chi connectivity index (χ1) is 12.8. The number of unbranched alkanes of at least 4 members (excludes halogenated alkanes) is 13. The van der Waals surface area contributed by atoms with Gasteiger partial charge in [0.05, 0.1) is 13.2 Å². The van der Waals surface area contributed by atoms with Gasteiger partial charge in [-0.3, -0.25) is 4.57 Å². The second kappa shape index (κ2) is 17.0. The number of rotatable bonds is 19. The summed E-state index contributed by atoms with van der Waals surface area (Å²) in [4.78, 5) is 0. The molecule has 0 aliphatic carbocycles.